The van der Waals surface area contributed by atoms with E-state index in [0.717, 1.165) is 26.4 Å². The van der Waals surface area contributed by atoms with Gasteiger partial charge >= 0.3 is 0 Å². The molecular weight excluding hydrogens is 342 g/mol. The van der Waals surface area contributed by atoms with Gasteiger partial charge in [0.1, 0.15) is 0 Å². The van der Waals surface area contributed by atoms with Crippen molar-refractivity contribution in [2.75, 3.05) is 0 Å². The summed E-state index contributed by atoms with van der Waals surface area (Å²) in [6, 6.07) is 14.5. The highest BCUT2D eigenvalue weighted by Gasteiger charge is 2.03. The summed E-state index contributed by atoms with van der Waals surface area (Å²) in [5, 5.41) is 0.800. The number of rotatable bonds is 4. The van der Waals surface area contributed by atoms with Crippen molar-refractivity contribution in [3.63, 3.8) is 0 Å². The first-order valence-electron chi connectivity index (χ1n) is 5.98. The fourth-order valence-corrected chi connectivity index (χ4v) is 3.39. The van der Waals surface area contributed by atoms with Crippen molar-refractivity contribution < 1.29 is 0 Å². The average Bonchev–Trinajstić information content (AvgIpc) is 2.38. The van der Waals surface area contributed by atoms with E-state index >= 15 is 0 Å². The first-order valence-corrected chi connectivity index (χ1v) is 8.14. The lowest BCUT2D eigenvalue weighted by Gasteiger charge is -2.08. The van der Waals surface area contributed by atoms with E-state index < -0.39 is 0 Å². The third-order valence-corrected chi connectivity index (χ3v) is 4.72. The molecule has 0 aliphatic rings. The third-order valence-electron chi connectivity index (χ3n) is 2.82. The molecular formula is C15H15BrClNS. The molecule has 0 amide bonds. The molecule has 2 rings (SSSR count). The zero-order valence-electron chi connectivity index (χ0n) is 10.6. The Kier molecular flexibility index (Phi) is 5.34. The highest BCUT2D eigenvalue weighted by atomic mass is 79.9. The Balaban J connectivity index is 2.02. The van der Waals surface area contributed by atoms with Gasteiger partial charge in [0.25, 0.3) is 0 Å². The van der Waals surface area contributed by atoms with Crippen LogP contribution in [0.3, 0.4) is 0 Å². The van der Waals surface area contributed by atoms with Crippen LogP contribution in [0.4, 0.5) is 0 Å². The second-order valence-electron chi connectivity index (χ2n) is 4.38. The molecule has 0 aliphatic heterocycles. The van der Waals surface area contributed by atoms with Gasteiger partial charge in [-0.05, 0) is 42.3 Å². The van der Waals surface area contributed by atoms with Gasteiger partial charge in [-0.15, -0.1) is 11.8 Å². The molecule has 0 saturated carbocycles. The molecule has 19 heavy (non-hydrogen) atoms. The van der Waals surface area contributed by atoms with E-state index in [1.807, 2.05) is 19.1 Å². The van der Waals surface area contributed by atoms with Crippen molar-refractivity contribution in [1.82, 2.24) is 0 Å². The maximum absolute atomic E-state index is 6.20. The smallest absolute Gasteiger partial charge is 0.0457 e. The van der Waals surface area contributed by atoms with Gasteiger partial charge in [0.05, 0.1) is 0 Å². The molecule has 1 atom stereocenters. The number of hydrogen-bond acceptors (Lipinski definition) is 2. The Hall–Kier alpha value is -0.480. The maximum Gasteiger partial charge on any atom is 0.0457 e. The molecule has 4 heteroatoms. The van der Waals surface area contributed by atoms with Gasteiger partial charge < -0.3 is 5.73 Å². The van der Waals surface area contributed by atoms with Crippen LogP contribution in [-0.2, 0) is 5.75 Å². The standard InChI is InChI=1S/C15H15BrClNS/c1-10(18)11-3-6-14(7-4-11)19-9-12-2-5-13(16)8-15(12)17/h2-8,10H,9,18H2,1H3. The van der Waals surface area contributed by atoms with E-state index in [1.54, 1.807) is 11.8 Å². The van der Waals surface area contributed by atoms with Gasteiger partial charge in [-0.1, -0.05) is 45.7 Å². The lowest BCUT2D eigenvalue weighted by Crippen LogP contribution is -2.04. The van der Waals surface area contributed by atoms with Crippen LogP contribution in [0.5, 0.6) is 0 Å². The van der Waals surface area contributed by atoms with Gasteiger partial charge in [0.15, 0.2) is 0 Å². The molecule has 0 aliphatic carbocycles. The van der Waals surface area contributed by atoms with Crippen LogP contribution in [0.25, 0.3) is 0 Å². The predicted octanol–water partition coefficient (Wildman–Crippen LogP) is 5.41. The summed E-state index contributed by atoms with van der Waals surface area (Å²) in [7, 11) is 0. The van der Waals surface area contributed by atoms with Crippen molar-refractivity contribution in [3.05, 3.63) is 63.1 Å². The lowest BCUT2D eigenvalue weighted by molar-refractivity contribution is 0.817. The monoisotopic (exact) mass is 355 g/mol. The van der Waals surface area contributed by atoms with Crippen molar-refractivity contribution in [3.8, 4) is 0 Å². The molecule has 0 aromatic heterocycles. The highest BCUT2D eigenvalue weighted by Crippen LogP contribution is 2.29. The van der Waals surface area contributed by atoms with E-state index in [0.29, 0.717) is 0 Å². The lowest BCUT2D eigenvalue weighted by atomic mass is 10.1. The fourth-order valence-electron chi connectivity index (χ4n) is 1.67. The van der Waals surface area contributed by atoms with Gasteiger partial charge in [-0.3, -0.25) is 0 Å². The van der Waals surface area contributed by atoms with Gasteiger partial charge in [0.2, 0.25) is 0 Å². The largest absolute Gasteiger partial charge is 0.324 e. The summed E-state index contributed by atoms with van der Waals surface area (Å²) in [6.45, 7) is 1.99. The molecule has 0 bridgehead atoms. The quantitative estimate of drug-likeness (QED) is 0.741. The van der Waals surface area contributed by atoms with Crippen LogP contribution >= 0.6 is 39.3 Å². The fraction of sp³-hybridized carbons (Fsp3) is 0.200. The minimum absolute atomic E-state index is 0.0833. The second kappa shape index (κ2) is 6.80. The van der Waals surface area contributed by atoms with Crippen molar-refractivity contribution in [2.24, 2.45) is 5.73 Å². The van der Waals surface area contributed by atoms with Crippen LogP contribution in [0.15, 0.2) is 51.8 Å². The van der Waals surface area contributed by atoms with Crippen molar-refractivity contribution in [1.29, 1.82) is 0 Å². The first kappa shape index (κ1) is 14.9. The Bertz CT molecular complexity index is 555. The van der Waals surface area contributed by atoms with Crippen molar-refractivity contribution >= 4 is 39.3 Å². The van der Waals surface area contributed by atoms with E-state index in [1.165, 1.54) is 4.90 Å². The van der Waals surface area contributed by atoms with E-state index in [9.17, 15) is 0 Å². The summed E-state index contributed by atoms with van der Waals surface area (Å²) >= 11 is 11.4. The highest BCUT2D eigenvalue weighted by molar-refractivity contribution is 9.10. The Labute approximate surface area is 131 Å². The van der Waals surface area contributed by atoms with Crippen LogP contribution < -0.4 is 5.73 Å². The SMILES string of the molecule is CC(N)c1ccc(SCc2ccc(Br)cc2Cl)cc1. The summed E-state index contributed by atoms with van der Waals surface area (Å²) in [6.07, 6.45) is 0. The number of nitrogens with two attached hydrogens (primary N) is 1. The molecule has 0 heterocycles. The summed E-state index contributed by atoms with van der Waals surface area (Å²) < 4.78 is 1.01. The summed E-state index contributed by atoms with van der Waals surface area (Å²) in [5.41, 5.74) is 8.14. The zero-order valence-corrected chi connectivity index (χ0v) is 13.7. The topological polar surface area (TPSA) is 26.0 Å². The summed E-state index contributed by atoms with van der Waals surface area (Å²) in [5.74, 6) is 0.865. The number of halogens is 2. The Morgan fingerprint density at radius 2 is 1.89 bits per heavy atom. The molecule has 2 aromatic rings. The van der Waals surface area contributed by atoms with Crippen LogP contribution in [0.2, 0.25) is 5.02 Å². The minimum Gasteiger partial charge on any atom is -0.324 e. The molecule has 0 spiro atoms. The van der Waals surface area contributed by atoms with Gasteiger partial charge in [0, 0.05) is 26.2 Å². The third kappa shape index (κ3) is 4.25. The molecule has 1 unspecified atom stereocenters. The zero-order chi connectivity index (χ0) is 13.8. The maximum atomic E-state index is 6.20. The molecule has 0 fully saturated rings. The number of benzene rings is 2. The predicted molar refractivity (Wildman–Crippen MR) is 87.8 cm³/mol. The van der Waals surface area contributed by atoms with E-state index in [4.69, 9.17) is 17.3 Å². The van der Waals surface area contributed by atoms with Crippen LogP contribution in [-0.4, -0.2) is 0 Å². The molecule has 1 nitrogen and oxygen atoms in total. The molecule has 0 radical (unpaired) electrons. The number of thioether (sulfide) groups is 1. The molecule has 2 aromatic carbocycles. The van der Waals surface area contributed by atoms with Crippen LogP contribution in [0.1, 0.15) is 24.1 Å². The van der Waals surface area contributed by atoms with Gasteiger partial charge in [-0.25, -0.2) is 0 Å². The van der Waals surface area contributed by atoms with E-state index in [-0.39, 0.29) is 6.04 Å². The average molecular weight is 357 g/mol. The Morgan fingerprint density at radius 3 is 2.47 bits per heavy atom. The van der Waals surface area contributed by atoms with Gasteiger partial charge in [-0.2, -0.15) is 0 Å². The van der Waals surface area contributed by atoms with Crippen molar-refractivity contribution in [2.45, 2.75) is 23.6 Å². The minimum atomic E-state index is 0.0833. The number of hydrogen-bond donors (Lipinski definition) is 1. The second-order valence-corrected chi connectivity index (χ2v) is 6.75. The van der Waals surface area contributed by atoms with Crippen LogP contribution in [0, 0.1) is 0 Å². The molecule has 100 valence electrons. The molecule has 0 saturated heterocycles. The Morgan fingerprint density at radius 1 is 1.21 bits per heavy atom. The first-order chi connectivity index (χ1) is 9.06. The summed E-state index contributed by atoms with van der Waals surface area (Å²) in [4.78, 5) is 1.23. The normalized spacial score (nSPS) is 12.4. The van der Waals surface area contributed by atoms with E-state index in [2.05, 4.69) is 46.3 Å². The molecule has 2 N–H and O–H groups in total.